The molecule has 19 heteroatoms. The molecule has 2 bridgehead atoms. The molecule has 65 heavy (non-hydrogen) atoms. The molecule has 3 aromatic rings. The number of nitrogens with zero attached hydrogens (tertiary/aromatic N) is 3. The van der Waals surface area contributed by atoms with Crippen LogP contribution < -0.4 is 9.64 Å². The van der Waals surface area contributed by atoms with Crippen molar-refractivity contribution in [3.05, 3.63) is 70.9 Å². The lowest BCUT2D eigenvalue weighted by molar-refractivity contribution is -0.228. The highest BCUT2D eigenvalue weighted by atomic mass is 32.3. The minimum absolute atomic E-state index is 0.155. The van der Waals surface area contributed by atoms with Gasteiger partial charge >= 0.3 is 28.3 Å². The highest BCUT2D eigenvalue weighted by Gasteiger charge is 2.81. The molecule has 6 aliphatic rings. The number of fused-ring (bicyclic) bond motifs is 6. The van der Waals surface area contributed by atoms with E-state index in [1.54, 1.807) is 6.07 Å². The summed E-state index contributed by atoms with van der Waals surface area (Å²) >= 11 is 0. The number of ether oxygens (including phenoxy) is 4. The van der Waals surface area contributed by atoms with Crippen LogP contribution in [0.5, 0.6) is 5.75 Å². The largest absolute Gasteiger partial charge is 0.496 e. The number of H-pyrrole nitrogens is 1. The first-order valence-corrected chi connectivity index (χ1v) is 23.4. The van der Waals surface area contributed by atoms with E-state index in [1.165, 1.54) is 33.2 Å². The van der Waals surface area contributed by atoms with Crippen LogP contribution >= 0.6 is 0 Å². The van der Waals surface area contributed by atoms with Gasteiger partial charge in [-0.2, -0.15) is 8.42 Å². The van der Waals surface area contributed by atoms with Crippen LogP contribution in [0.25, 0.3) is 10.9 Å². The van der Waals surface area contributed by atoms with Crippen molar-refractivity contribution in [2.24, 2.45) is 11.3 Å². The van der Waals surface area contributed by atoms with Crippen LogP contribution in [-0.4, -0.2) is 150 Å². The van der Waals surface area contributed by atoms with Gasteiger partial charge in [0.2, 0.25) is 12.0 Å². The van der Waals surface area contributed by atoms with Crippen molar-refractivity contribution >= 4 is 51.3 Å². The minimum atomic E-state index is -4.67. The number of aromatic amines is 1. The number of nitrogens with one attached hydrogen (secondary N) is 1. The summed E-state index contributed by atoms with van der Waals surface area (Å²) in [6.45, 7) is 8.16. The summed E-state index contributed by atoms with van der Waals surface area (Å²) in [7, 11) is -0.577. The second-order valence-corrected chi connectivity index (χ2v) is 19.4. The lowest BCUT2D eigenvalue weighted by Gasteiger charge is -2.63. The van der Waals surface area contributed by atoms with Crippen LogP contribution in [0.2, 0.25) is 0 Å². The average Bonchev–Trinajstić information content (AvgIpc) is 3.95. The number of rotatable bonds is 8. The third-order valence-electron chi connectivity index (χ3n) is 15.5. The number of aliphatic hydroxyl groups is 2. The van der Waals surface area contributed by atoms with Crippen LogP contribution in [0.1, 0.15) is 75.3 Å². The highest BCUT2D eigenvalue weighted by molar-refractivity contribution is 7.79. The number of carbonyl (C=O) groups is 4. The Morgan fingerprint density at radius 2 is 1.66 bits per heavy atom. The van der Waals surface area contributed by atoms with Gasteiger partial charge in [0, 0.05) is 78.2 Å². The van der Waals surface area contributed by atoms with Gasteiger partial charge < -0.3 is 39.0 Å². The molecule has 5 N–H and O–H groups in total. The topological polar surface area (TPSA) is 246 Å². The third kappa shape index (κ3) is 6.90. The van der Waals surface area contributed by atoms with E-state index in [4.69, 9.17) is 36.5 Å². The van der Waals surface area contributed by atoms with Crippen LogP contribution in [-0.2, 0) is 61.0 Å². The van der Waals surface area contributed by atoms with Crippen molar-refractivity contribution in [2.45, 2.75) is 99.5 Å². The Bertz CT molecular complexity index is 2560. The molecule has 1 amide bonds. The standard InChI is InChI=1S/C46H56N4O10.H2O4S/c1-7-42(55)22-28-23-45(40(53)58-5,36-30(14-18-48(24-28)25-42)29-12-9-10-13-33(29)47-36)32-20-31-34(21-35(32)57-4)50(26-51)38-44(31)16-19-49-17-11-15-43(8-2,37(44)49)39(60-27(3)52)46(38,56)41(54)59-6;1-5(2,3)4/h9-13,15,20-21,26,28,37-39,47,55-56H,7-8,14,16-19,22-25H2,1-6H3;(H2,1,2,3,4)/t28?,37-,38+,39+,42-,43+,44+,45-,46-;/m0./s1. The van der Waals surface area contributed by atoms with E-state index < -0.39 is 73.9 Å². The van der Waals surface area contributed by atoms with E-state index in [-0.39, 0.29) is 12.3 Å². The smallest absolute Gasteiger partial charge is 0.394 e. The Balaban J connectivity index is 0.00000109. The predicted octanol–water partition coefficient (Wildman–Crippen LogP) is 2.86. The molecule has 1 aromatic heterocycles. The average molecular weight is 923 g/mol. The molecule has 352 valence electrons. The van der Waals surface area contributed by atoms with Crippen LogP contribution in [0.3, 0.4) is 0 Å². The molecule has 2 aromatic carbocycles. The third-order valence-corrected chi connectivity index (χ3v) is 15.5. The molecule has 2 saturated heterocycles. The second-order valence-electron chi connectivity index (χ2n) is 18.6. The van der Waals surface area contributed by atoms with Crippen molar-refractivity contribution < 1.29 is 65.9 Å². The molecule has 6 heterocycles. The molecule has 0 radical (unpaired) electrons. The minimum Gasteiger partial charge on any atom is -0.496 e. The zero-order valence-electron chi connectivity index (χ0n) is 37.4. The Kier molecular flexibility index (Phi) is 11.8. The lowest BCUT2D eigenvalue weighted by Crippen LogP contribution is -2.81. The van der Waals surface area contributed by atoms with Gasteiger partial charge in [-0.15, -0.1) is 0 Å². The van der Waals surface area contributed by atoms with Crippen LogP contribution in [0, 0.1) is 11.3 Å². The first kappa shape index (κ1) is 46.6. The number of carbonyl (C=O) groups excluding carboxylic acids is 4. The molecule has 1 spiro atoms. The predicted molar refractivity (Wildman–Crippen MR) is 235 cm³/mol. The first-order chi connectivity index (χ1) is 30.8. The van der Waals surface area contributed by atoms with Gasteiger partial charge in [0.25, 0.3) is 0 Å². The monoisotopic (exact) mass is 922 g/mol. The second kappa shape index (κ2) is 16.5. The molecule has 1 aliphatic carbocycles. The van der Waals surface area contributed by atoms with E-state index in [0.717, 1.165) is 16.5 Å². The molecular formula is C46H58N4O14S. The summed E-state index contributed by atoms with van der Waals surface area (Å²) in [5, 5.41) is 26.3. The van der Waals surface area contributed by atoms with Crippen LogP contribution in [0.15, 0.2) is 48.6 Å². The fourth-order valence-corrected chi connectivity index (χ4v) is 13.4. The maximum absolute atomic E-state index is 15.3. The van der Waals surface area contributed by atoms with Gasteiger partial charge in [0.1, 0.15) is 11.2 Å². The summed E-state index contributed by atoms with van der Waals surface area (Å²) in [5.41, 5.74) is -3.15. The van der Waals surface area contributed by atoms with Gasteiger partial charge in [-0.25, -0.2) is 4.79 Å². The summed E-state index contributed by atoms with van der Waals surface area (Å²) < 4.78 is 55.3. The summed E-state index contributed by atoms with van der Waals surface area (Å²) in [6.07, 6.45) is 5.83. The van der Waals surface area contributed by atoms with E-state index >= 15 is 4.79 Å². The zero-order valence-corrected chi connectivity index (χ0v) is 38.2. The van der Waals surface area contributed by atoms with E-state index in [0.29, 0.717) is 99.5 Å². The SMILES string of the molecule is CC[C@]1(O)CC2CN(CCc3c([nH]c4ccccc34)[C@@](C(=O)OC)(c3cc4c(cc3OC)N(C=O)[C@H]3[C@@](O)(C(=O)OC)[C@H](OC(C)=O)[C@]5(CC)C=CCN6CC[C@]43[C@@H]65)C2)C1.O=S(=O)(O)O. The van der Waals surface area contributed by atoms with Crippen molar-refractivity contribution in [3.8, 4) is 5.75 Å². The number of hydrogen-bond donors (Lipinski definition) is 5. The Hall–Kier alpha value is -4.89. The van der Waals surface area contributed by atoms with E-state index in [1.807, 2.05) is 50.3 Å². The van der Waals surface area contributed by atoms with Gasteiger partial charge in [0.15, 0.2) is 6.10 Å². The first-order valence-electron chi connectivity index (χ1n) is 22.0. The summed E-state index contributed by atoms with van der Waals surface area (Å²) in [5.74, 6) is -2.06. The maximum Gasteiger partial charge on any atom is 0.394 e. The van der Waals surface area contributed by atoms with E-state index in [2.05, 4.69) is 20.9 Å². The summed E-state index contributed by atoms with van der Waals surface area (Å²) in [6, 6.07) is 9.97. The number of amides is 1. The van der Waals surface area contributed by atoms with Crippen molar-refractivity contribution in [1.82, 2.24) is 14.8 Å². The zero-order chi connectivity index (χ0) is 47.1. The molecule has 2 unspecified atom stereocenters. The molecule has 10 atom stereocenters. The highest BCUT2D eigenvalue weighted by Crippen LogP contribution is 2.68. The van der Waals surface area contributed by atoms with Crippen LogP contribution in [0.4, 0.5) is 5.69 Å². The molecule has 1 saturated carbocycles. The molecular weight excluding hydrogens is 865 g/mol. The number of methoxy groups -OCH3 is 3. The molecule has 9 rings (SSSR count). The van der Waals surface area contributed by atoms with Gasteiger partial charge in [-0.1, -0.05) is 44.2 Å². The Morgan fingerprint density at radius 3 is 2.29 bits per heavy atom. The van der Waals surface area contributed by atoms with Crippen molar-refractivity contribution in [1.29, 1.82) is 0 Å². The molecule has 5 aliphatic heterocycles. The molecule has 18 nitrogen and oxygen atoms in total. The summed E-state index contributed by atoms with van der Waals surface area (Å²) in [4.78, 5) is 66.1. The quantitative estimate of drug-likeness (QED) is 0.0717. The fourth-order valence-electron chi connectivity index (χ4n) is 13.4. The number of hydrogen-bond acceptors (Lipinski definition) is 14. The number of benzene rings is 2. The maximum atomic E-state index is 15.3. The number of para-hydroxylation sites is 1. The van der Waals surface area contributed by atoms with Crippen molar-refractivity contribution in [2.75, 3.05) is 59.0 Å². The van der Waals surface area contributed by atoms with Gasteiger partial charge in [-0.05, 0) is 74.2 Å². The Morgan fingerprint density at radius 1 is 0.954 bits per heavy atom. The number of anilines is 1. The number of piperidine rings is 1. The van der Waals surface area contributed by atoms with Gasteiger partial charge in [-0.3, -0.25) is 33.3 Å². The molecule has 3 fully saturated rings. The Labute approximate surface area is 377 Å². The van der Waals surface area contributed by atoms with Gasteiger partial charge in [0.05, 0.1) is 38.7 Å². The number of esters is 3. The number of aromatic nitrogens is 1. The van der Waals surface area contributed by atoms with Crippen molar-refractivity contribution in [3.63, 3.8) is 0 Å². The normalized spacial score (nSPS) is 34.6. The lowest BCUT2D eigenvalue weighted by atomic mass is 9.47. The fraction of sp³-hybridized carbons (Fsp3) is 0.565. The van der Waals surface area contributed by atoms with E-state index in [9.17, 15) is 24.6 Å².